The molecular weight excluding hydrogens is 422 g/mol. The summed E-state index contributed by atoms with van der Waals surface area (Å²) in [5, 5.41) is 3.02. The number of benzene rings is 1. The van der Waals surface area contributed by atoms with Crippen molar-refractivity contribution in [2.75, 3.05) is 13.1 Å². The van der Waals surface area contributed by atoms with E-state index in [9.17, 15) is 9.59 Å². The van der Waals surface area contributed by atoms with Gasteiger partial charge in [0.1, 0.15) is 5.75 Å². The Balaban J connectivity index is 1.49. The summed E-state index contributed by atoms with van der Waals surface area (Å²) in [6, 6.07) is 9.31. The molecule has 1 atom stereocenters. The van der Waals surface area contributed by atoms with Crippen molar-refractivity contribution in [3.05, 3.63) is 58.3 Å². The lowest BCUT2D eigenvalue weighted by Crippen LogP contribution is -2.49. The lowest BCUT2D eigenvalue weighted by molar-refractivity contribution is -0.139. The second kappa shape index (κ2) is 9.19. The van der Waals surface area contributed by atoms with E-state index < -0.39 is 6.10 Å². The first-order chi connectivity index (χ1) is 13.4. The third-order valence-electron chi connectivity index (χ3n) is 4.80. The number of nitrogens with one attached hydrogen (secondary N) is 1. The molecule has 2 amide bonds. The normalized spacial score (nSPS) is 15.8. The largest absolute Gasteiger partial charge is 0.480 e. The lowest BCUT2D eigenvalue weighted by Gasteiger charge is -2.34. The highest BCUT2D eigenvalue weighted by atomic mass is 79.9. The predicted octanol–water partition coefficient (Wildman–Crippen LogP) is 3.34. The van der Waals surface area contributed by atoms with Crippen molar-refractivity contribution in [2.24, 2.45) is 0 Å². The minimum atomic E-state index is -0.569. The van der Waals surface area contributed by atoms with Crippen LogP contribution in [0.25, 0.3) is 0 Å². The van der Waals surface area contributed by atoms with Gasteiger partial charge in [-0.25, -0.2) is 0 Å². The van der Waals surface area contributed by atoms with Gasteiger partial charge in [0.05, 0.1) is 10.0 Å². The first-order valence-electron chi connectivity index (χ1n) is 9.36. The van der Waals surface area contributed by atoms with Gasteiger partial charge < -0.3 is 15.0 Å². The first-order valence-corrected chi connectivity index (χ1v) is 10.2. The molecule has 1 aromatic carbocycles. The number of ether oxygens (including phenoxy) is 1. The molecule has 1 unspecified atom stereocenters. The van der Waals surface area contributed by atoms with Crippen LogP contribution in [0.3, 0.4) is 0 Å². The first kappa shape index (κ1) is 20.3. The van der Waals surface area contributed by atoms with E-state index in [0.29, 0.717) is 24.4 Å². The summed E-state index contributed by atoms with van der Waals surface area (Å²) in [5.41, 5.74) is 1.67. The van der Waals surface area contributed by atoms with Gasteiger partial charge in [-0.2, -0.15) is 0 Å². The zero-order valence-corrected chi connectivity index (χ0v) is 17.6. The Labute approximate surface area is 173 Å². The molecule has 1 aromatic heterocycles. The van der Waals surface area contributed by atoms with Crippen molar-refractivity contribution in [1.82, 2.24) is 15.2 Å². The van der Waals surface area contributed by atoms with Gasteiger partial charge in [-0.1, -0.05) is 6.07 Å². The number of pyridine rings is 1. The summed E-state index contributed by atoms with van der Waals surface area (Å²) in [5.74, 6) is 0.494. The summed E-state index contributed by atoms with van der Waals surface area (Å²) in [4.78, 5) is 30.7. The van der Waals surface area contributed by atoms with Gasteiger partial charge in [0.25, 0.3) is 11.8 Å². The molecule has 1 aliphatic rings. The standard InChI is InChI=1S/C21H24BrN3O3/c1-14-5-6-19(18(22)12-14)28-15(2)21(27)25-10-7-17(8-11-25)24-20(26)16-4-3-9-23-13-16/h3-6,9,12-13,15,17H,7-8,10-11H2,1-2H3,(H,24,26). The number of nitrogens with zero attached hydrogens (tertiary/aromatic N) is 2. The van der Waals surface area contributed by atoms with Gasteiger partial charge in [0, 0.05) is 31.5 Å². The average molecular weight is 446 g/mol. The molecular formula is C21H24BrN3O3. The van der Waals surface area contributed by atoms with Crippen LogP contribution < -0.4 is 10.1 Å². The number of aromatic nitrogens is 1. The molecule has 1 fully saturated rings. The minimum absolute atomic E-state index is 0.0375. The second-order valence-corrected chi connectivity index (χ2v) is 7.86. The number of piperidine rings is 1. The molecule has 3 rings (SSSR count). The molecule has 6 nitrogen and oxygen atoms in total. The van der Waals surface area contributed by atoms with Crippen molar-refractivity contribution in [3.8, 4) is 5.75 Å². The van der Waals surface area contributed by atoms with Gasteiger partial charge in [0.2, 0.25) is 0 Å². The van der Waals surface area contributed by atoms with E-state index in [4.69, 9.17) is 4.74 Å². The molecule has 1 N–H and O–H groups in total. The van der Waals surface area contributed by atoms with Crippen LogP contribution in [0.4, 0.5) is 0 Å². The predicted molar refractivity (Wildman–Crippen MR) is 110 cm³/mol. The van der Waals surface area contributed by atoms with Crippen molar-refractivity contribution in [1.29, 1.82) is 0 Å². The number of likely N-dealkylation sites (tertiary alicyclic amines) is 1. The molecule has 1 saturated heterocycles. The molecule has 2 aromatic rings. The Morgan fingerprint density at radius 2 is 2.04 bits per heavy atom. The highest BCUT2D eigenvalue weighted by Gasteiger charge is 2.28. The molecule has 1 aliphatic heterocycles. The van der Waals surface area contributed by atoms with Crippen LogP contribution in [0.5, 0.6) is 5.75 Å². The molecule has 0 aliphatic carbocycles. The van der Waals surface area contributed by atoms with Crippen LogP contribution in [-0.2, 0) is 4.79 Å². The van der Waals surface area contributed by atoms with Crippen LogP contribution >= 0.6 is 15.9 Å². The van der Waals surface area contributed by atoms with Crippen LogP contribution in [0, 0.1) is 6.92 Å². The van der Waals surface area contributed by atoms with Crippen molar-refractivity contribution in [3.63, 3.8) is 0 Å². The maximum atomic E-state index is 12.7. The maximum absolute atomic E-state index is 12.7. The molecule has 0 bridgehead atoms. The Morgan fingerprint density at radius 1 is 1.29 bits per heavy atom. The van der Waals surface area contributed by atoms with E-state index in [-0.39, 0.29) is 17.9 Å². The number of hydrogen-bond donors (Lipinski definition) is 1. The number of rotatable bonds is 5. The van der Waals surface area contributed by atoms with Gasteiger partial charge in [-0.3, -0.25) is 14.6 Å². The van der Waals surface area contributed by atoms with Crippen molar-refractivity contribution < 1.29 is 14.3 Å². The minimum Gasteiger partial charge on any atom is -0.480 e. The summed E-state index contributed by atoms with van der Waals surface area (Å²) in [6.07, 6.45) is 4.06. The molecule has 148 valence electrons. The second-order valence-electron chi connectivity index (χ2n) is 7.01. The highest BCUT2D eigenvalue weighted by Crippen LogP contribution is 2.27. The molecule has 28 heavy (non-hydrogen) atoms. The van der Waals surface area contributed by atoms with Crippen LogP contribution in [0.1, 0.15) is 35.7 Å². The van der Waals surface area contributed by atoms with Crippen LogP contribution in [0.2, 0.25) is 0 Å². The Morgan fingerprint density at radius 3 is 2.68 bits per heavy atom. The van der Waals surface area contributed by atoms with Gasteiger partial charge in [-0.05, 0) is 72.4 Å². The van der Waals surface area contributed by atoms with Gasteiger partial charge >= 0.3 is 0 Å². The van der Waals surface area contributed by atoms with Crippen molar-refractivity contribution in [2.45, 2.75) is 38.8 Å². The molecule has 0 spiro atoms. The van der Waals surface area contributed by atoms with E-state index in [1.807, 2.05) is 25.1 Å². The topological polar surface area (TPSA) is 71.5 Å². The number of hydrogen-bond acceptors (Lipinski definition) is 4. The number of carbonyl (C=O) groups excluding carboxylic acids is 2. The zero-order chi connectivity index (χ0) is 20.1. The zero-order valence-electron chi connectivity index (χ0n) is 16.0. The summed E-state index contributed by atoms with van der Waals surface area (Å²) in [7, 11) is 0. The van der Waals surface area contributed by atoms with E-state index in [2.05, 4.69) is 26.2 Å². The van der Waals surface area contributed by atoms with E-state index in [0.717, 1.165) is 22.9 Å². The molecule has 0 radical (unpaired) electrons. The summed E-state index contributed by atoms with van der Waals surface area (Å²) in [6.45, 7) is 4.96. The smallest absolute Gasteiger partial charge is 0.263 e. The summed E-state index contributed by atoms with van der Waals surface area (Å²) < 4.78 is 6.69. The van der Waals surface area contributed by atoms with Crippen LogP contribution in [-0.4, -0.2) is 46.9 Å². The van der Waals surface area contributed by atoms with E-state index in [1.165, 1.54) is 0 Å². The Bertz CT molecular complexity index is 836. The van der Waals surface area contributed by atoms with Gasteiger partial charge in [0.15, 0.2) is 6.10 Å². The number of aryl methyl sites for hydroxylation is 1. The summed E-state index contributed by atoms with van der Waals surface area (Å²) >= 11 is 3.48. The number of halogens is 1. The molecule has 0 saturated carbocycles. The fourth-order valence-electron chi connectivity index (χ4n) is 3.21. The van der Waals surface area contributed by atoms with E-state index >= 15 is 0 Å². The quantitative estimate of drug-likeness (QED) is 0.765. The van der Waals surface area contributed by atoms with Crippen LogP contribution in [0.15, 0.2) is 47.2 Å². The maximum Gasteiger partial charge on any atom is 0.263 e. The lowest BCUT2D eigenvalue weighted by atomic mass is 10.0. The third-order valence-corrected chi connectivity index (χ3v) is 5.42. The Hall–Kier alpha value is -2.41. The van der Waals surface area contributed by atoms with E-state index in [1.54, 1.807) is 36.4 Å². The molecule has 7 heteroatoms. The fourth-order valence-corrected chi connectivity index (χ4v) is 3.80. The monoisotopic (exact) mass is 445 g/mol. The highest BCUT2D eigenvalue weighted by molar-refractivity contribution is 9.10. The molecule has 2 heterocycles. The number of carbonyl (C=O) groups is 2. The average Bonchev–Trinajstić information content (AvgIpc) is 2.70. The Kier molecular flexibility index (Phi) is 6.67. The third kappa shape index (κ3) is 5.10. The van der Waals surface area contributed by atoms with Crippen molar-refractivity contribution >= 4 is 27.7 Å². The van der Waals surface area contributed by atoms with Gasteiger partial charge in [-0.15, -0.1) is 0 Å². The number of amides is 2. The SMILES string of the molecule is Cc1ccc(OC(C)C(=O)N2CCC(NC(=O)c3cccnc3)CC2)c(Br)c1. The fraction of sp³-hybridized carbons (Fsp3) is 0.381.